The summed E-state index contributed by atoms with van der Waals surface area (Å²) in [4.78, 5) is 16.2. The molecule has 1 aliphatic heterocycles. The van der Waals surface area contributed by atoms with E-state index >= 15 is 0 Å². The standard InChI is InChI=1S/C17H25N5O2/c1-3-6-22-15-13(21-17(22)19-2)7-12(16(18)23)8-14(15)24-10-11-4-5-20-9-11/h7-8,11,20H,3-6,9-10H2,1-2H3,(H2,18,23)(H,19,21). The van der Waals surface area contributed by atoms with Gasteiger partial charge >= 0.3 is 0 Å². The number of hydrogen-bond acceptors (Lipinski definition) is 5. The quantitative estimate of drug-likeness (QED) is 0.716. The largest absolute Gasteiger partial charge is 0.491 e. The number of nitrogens with zero attached hydrogens (tertiary/aromatic N) is 2. The van der Waals surface area contributed by atoms with Crippen molar-refractivity contribution in [3.63, 3.8) is 0 Å². The Morgan fingerprint density at radius 3 is 3.00 bits per heavy atom. The van der Waals surface area contributed by atoms with Crippen LogP contribution in [0.3, 0.4) is 0 Å². The van der Waals surface area contributed by atoms with Gasteiger partial charge in [0.05, 0.1) is 12.1 Å². The topological polar surface area (TPSA) is 94.2 Å². The van der Waals surface area contributed by atoms with E-state index in [1.54, 1.807) is 12.1 Å². The van der Waals surface area contributed by atoms with Gasteiger partial charge in [0.2, 0.25) is 11.9 Å². The molecule has 7 heteroatoms. The van der Waals surface area contributed by atoms with Gasteiger partial charge in [-0.05, 0) is 31.5 Å². The molecule has 3 rings (SSSR count). The lowest BCUT2D eigenvalue weighted by molar-refractivity contribution is 0.1000. The highest BCUT2D eigenvalue weighted by Crippen LogP contribution is 2.31. The molecule has 4 N–H and O–H groups in total. The van der Waals surface area contributed by atoms with Gasteiger partial charge < -0.3 is 25.7 Å². The number of aromatic nitrogens is 2. The van der Waals surface area contributed by atoms with E-state index in [1.807, 2.05) is 7.05 Å². The second-order valence-corrected chi connectivity index (χ2v) is 6.21. The molecule has 1 aromatic carbocycles. The third-order valence-corrected chi connectivity index (χ3v) is 4.40. The lowest BCUT2D eigenvalue weighted by Crippen LogP contribution is -2.16. The molecule has 1 saturated heterocycles. The van der Waals surface area contributed by atoms with Gasteiger partial charge in [0.15, 0.2) is 0 Å². The summed E-state index contributed by atoms with van der Waals surface area (Å²) >= 11 is 0. The molecule has 24 heavy (non-hydrogen) atoms. The summed E-state index contributed by atoms with van der Waals surface area (Å²) in [6.07, 6.45) is 2.08. The van der Waals surface area contributed by atoms with Gasteiger partial charge in [0.1, 0.15) is 11.3 Å². The van der Waals surface area contributed by atoms with Crippen LogP contribution >= 0.6 is 0 Å². The van der Waals surface area contributed by atoms with E-state index in [1.165, 1.54) is 0 Å². The van der Waals surface area contributed by atoms with Crippen LogP contribution in [-0.2, 0) is 6.54 Å². The number of aryl methyl sites for hydroxylation is 1. The average molecular weight is 331 g/mol. The van der Waals surface area contributed by atoms with E-state index in [0.717, 1.165) is 49.5 Å². The van der Waals surface area contributed by atoms with Gasteiger partial charge in [-0.15, -0.1) is 0 Å². The SMILES string of the molecule is CCCn1c(NC)nc2cc(C(N)=O)cc(OCC3CCNC3)c21. The number of rotatable bonds is 7. The Bertz CT molecular complexity index is 734. The van der Waals surface area contributed by atoms with E-state index < -0.39 is 5.91 Å². The first kappa shape index (κ1) is 16.6. The molecule has 0 aliphatic carbocycles. The molecule has 2 aromatic rings. The van der Waals surface area contributed by atoms with Crippen LogP contribution in [0.5, 0.6) is 5.75 Å². The molecule has 1 unspecified atom stereocenters. The first-order valence-corrected chi connectivity index (χ1v) is 8.49. The van der Waals surface area contributed by atoms with Crippen molar-refractivity contribution in [3.8, 4) is 5.75 Å². The number of amides is 1. The van der Waals surface area contributed by atoms with Crippen LogP contribution in [0.2, 0.25) is 0 Å². The van der Waals surface area contributed by atoms with Crippen LogP contribution < -0.4 is 21.1 Å². The van der Waals surface area contributed by atoms with Crippen LogP contribution in [0, 0.1) is 5.92 Å². The number of fused-ring (bicyclic) bond motifs is 1. The molecule has 0 spiro atoms. The van der Waals surface area contributed by atoms with Gasteiger partial charge in [-0.1, -0.05) is 6.92 Å². The number of nitrogens with two attached hydrogens (primary N) is 1. The molecule has 0 saturated carbocycles. The number of imidazole rings is 1. The lowest BCUT2D eigenvalue weighted by Gasteiger charge is -2.14. The fourth-order valence-corrected chi connectivity index (χ4v) is 3.18. The van der Waals surface area contributed by atoms with Crippen LogP contribution in [0.4, 0.5) is 5.95 Å². The fourth-order valence-electron chi connectivity index (χ4n) is 3.18. The van der Waals surface area contributed by atoms with Gasteiger partial charge in [0, 0.05) is 31.6 Å². The fraction of sp³-hybridized carbons (Fsp3) is 0.529. The van der Waals surface area contributed by atoms with Gasteiger partial charge in [-0.2, -0.15) is 0 Å². The van der Waals surface area contributed by atoms with Crippen LogP contribution in [0.15, 0.2) is 12.1 Å². The molecule has 0 bridgehead atoms. The molecular formula is C17H25N5O2. The van der Waals surface area contributed by atoms with Crippen molar-refractivity contribution >= 4 is 22.9 Å². The highest BCUT2D eigenvalue weighted by atomic mass is 16.5. The number of primary amides is 1. The van der Waals surface area contributed by atoms with Crippen LogP contribution in [0.25, 0.3) is 11.0 Å². The maximum absolute atomic E-state index is 11.7. The second-order valence-electron chi connectivity index (χ2n) is 6.21. The third-order valence-electron chi connectivity index (χ3n) is 4.40. The normalized spacial score (nSPS) is 17.3. The molecule has 1 amide bonds. The zero-order valence-corrected chi connectivity index (χ0v) is 14.3. The zero-order chi connectivity index (χ0) is 17.1. The Kier molecular flexibility index (Phi) is 4.89. The van der Waals surface area contributed by atoms with Gasteiger partial charge in [-0.25, -0.2) is 4.98 Å². The van der Waals surface area contributed by atoms with Crippen molar-refractivity contribution in [1.82, 2.24) is 14.9 Å². The van der Waals surface area contributed by atoms with E-state index in [0.29, 0.717) is 23.8 Å². The second kappa shape index (κ2) is 7.09. The Hall–Kier alpha value is -2.28. The summed E-state index contributed by atoms with van der Waals surface area (Å²) in [5, 5.41) is 6.45. The highest BCUT2D eigenvalue weighted by molar-refractivity contribution is 5.98. The number of carbonyl (C=O) groups is 1. The maximum atomic E-state index is 11.7. The monoisotopic (exact) mass is 331 g/mol. The minimum absolute atomic E-state index is 0.422. The Balaban J connectivity index is 2.04. The first-order chi connectivity index (χ1) is 11.6. The summed E-state index contributed by atoms with van der Waals surface area (Å²) in [5.41, 5.74) is 7.54. The Morgan fingerprint density at radius 1 is 1.54 bits per heavy atom. The number of hydrogen-bond donors (Lipinski definition) is 3. The number of nitrogens with one attached hydrogen (secondary N) is 2. The zero-order valence-electron chi connectivity index (χ0n) is 14.3. The minimum atomic E-state index is -0.472. The maximum Gasteiger partial charge on any atom is 0.248 e. The van der Waals surface area contributed by atoms with Gasteiger partial charge in [0.25, 0.3) is 0 Å². The van der Waals surface area contributed by atoms with Crippen molar-refractivity contribution in [2.24, 2.45) is 11.7 Å². The van der Waals surface area contributed by atoms with Crippen molar-refractivity contribution in [2.75, 3.05) is 32.1 Å². The third kappa shape index (κ3) is 3.17. The highest BCUT2D eigenvalue weighted by Gasteiger charge is 2.20. The molecular weight excluding hydrogens is 306 g/mol. The molecule has 2 heterocycles. The summed E-state index contributed by atoms with van der Waals surface area (Å²) in [6, 6.07) is 3.47. The molecule has 1 aliphatic rings. The molecule has 1 atom stereocenters. The Morgan fingerprint density at radius 2 is 2.38 bits per heavy atom. The molecule has 1 aromatic heterocycles. The first-order valence-electron chi connectivity index (χ1n) is 8.49. The van der Waals surface area contributed by atoms with E-state index in [4.69, 9.17) is 10.5 Å². The predicted octanol–water partition coefficient (Wildman–Crippen LogP) is 1.58. The predicted molar refractivity (Wildman–Crippen MR) is 94.6 cm³/mol. The summed E-state index contributed by atoms with van der Waals surface area (Å²) in [6.45, 7) is 5.56. The average Bonchev–Trinajstić information content (AvgIpc) is 3.20. The smallest absolute Gasteiger partial charge is 0.248 e. The summed E-state index contributed by atoms with van der Waals surface area (Å²) in [7, 11) is 1.84. The van der Waals surface area contributed by atoms with Crippen molar-refractivity contribution in [2.45, 2.75) is 26.3 Å². The number of ether oxygens (including phenoxy) is 1. The minimum Gasteiger partial charge on any atom is -0.491 e. The van der Waals surface area contributed by atoms with Crippen LogP contribution in [0.1, 0.15) is 30.1 Å². The number of anilines is 1. The molecule has 7 nitrogen and oxygen atoms in total. The Labute approximate surface area is 141 Å². The number of carbonyl (C=O) groups excluding carboxylic acids is 1. The molecule has 1 fully saturated rings. The van der Waals surface area contributed by atoms with E-state index in [9.17, 15) is 4.79 Å². The molecule has 130 valence electrons. The molecule has 0 radical (unpaired) electrons. The van der Waals surface area contributed by atoms with E-state index in [-0.39, 0.29) is 0 Å². The lowest BCUT2D eigenvalue weighted by atomic mass is 10.1. The van der Waals surface area contributed by atoms with Crippen LogP contribution in [-0.4, -0.2) is 42.2 Å². The summed E-state index contributed by atoms with van der Waals surface area (Å²) in [5.74, 6) is 1.46. The van der Waals surface area contributed by atoms with Gasteiger partial charge in [-0.3, -0.25) is 4.79 Å². The van der Waals surface area contributed by atoms with Crippen molar-refractivity contribution in [1.29, 1.82) is 0 Å². The van der Waals surface area contributed by atoms with Crippen molar-refractivity contribution in [3.05, 3.63) is 17.7 Å². The number of benzene rings is 1. The summed E-state index contributed by atoms with van der Waals surface area (Å²) < 4.78 is 8.20. The van der Waals surface area contributed by atoms with Crippen molar-refractivity contribution < 1.29 is 9.53 Å². The van der Waals surface area contributed by atoms with E-state index in [2.05, 4.69) is 27.1 Å².